The highest BCUT2D eigenvalue weighted by atomic mass is 32.1. The number of carbonyl (C=O) groups is 1. The van der Waals surface area contributed by atoms with Gasteiger partial charge in [-0.05, 0) is 43.1 Å². The lowest BCUT2D eigenvalue weighted by molar-refractivity contribution is -0.429. The Morgan fingerprint density at radius 3 is 2.69 bits per heavy atom. The minimum Gasteiger partial charge on any atom is -0.391 e. The lowest BCUT2D eigenvalue weighted by atomic mass is 9.36. The van der Waals surface area contributed by atoms with Crippen molar-refractivity contribution in [3.05, 3.63) is 27.7 Å². The number of aryl methyl sites for hydroxylation is 1. The molecule has 4 aliphatic carbocycles. The molecule has 3 N–H and O–H groups in total. The van der Waals surface area contributed by atoms with E-state index in [9.17, 15) is 20.1 Å². The number of ketones is 1. The highest BCUT2D eigenvalue weighted by Crippen LogP contribution is 2.75. The number of fused-ring (bicyclic) bond motifs is 3. The summed E-state index contributed by atoms with van der Waals surface area (Å²) in [6.07, 6.45) is -0.308. The molecule has 29 heavy (non-hydrogen) atoms. The number of Topliss-reactive ketones (excluding diaryl/α,β-unsaturated/α-hetero) is 1. The molecule has 156 valence electrons. The van der Waals surface area contributed by atoms with E-state index in [-0.39, 0.29) is 35.6 Å². The van der Waals surface area contributed by atoms with Crippen LogP contribution in [-0.2, 0) is 21.4 Å². The van der Waals surface area contributed by atoms with Crippen molar-refractivity contribution in [3.8, 4) is 0 Å². The number of aliphatic hydroxyl groups is 3. The number of aliphatic hydroxyl groups excluding tert-OH is 2. The van der Waals surface area contributed by atoms with Crippen molar-refractivity contribution < 1.29 is 24.9 Å². The zero-order valence-corrected chi connectivity index (χ0v) is 17.8. The Morgan fingerprint density at radius 2 is 1.97 bits per heavy atom. The minimum absolute atomic E-state index is 0.203. The summed E-state index contributed by atoms with van der Waals surface area (Å²) < 4.78 is 6.02. The fourth-order valence-electron chi connectivity index (χ4n) is 8.21. The number of thiazole rings is 1. The van der Waals surface area contributed by atoms with Crippen LogP contribution in [-0.4, -0.2) is 50.7 Å². The molecule has 1 aromatic rings. The van der Waals surface area contributed by atoms with Gasteiger partial charge in [0, 0.05) is 22.1 Å². The molecule has 1 aromatic heterocycles. The van der Waals surface area contributed by atoms with Crippen LogP contribution in [0.2, 0.25) is 0 Å². The quantitative estimate of drug-likeness (QED) is 0.553. The third-order valence-corrected chi connectivity index (χ3v) is 9.97. The normalized spacial score (nSPS) is 51.6. The van der Waals surface area contributed by atoms with E-state index >= 15 is 0 Å². The van der Waals surface area contributed by atoms with E-state index in [0.717, 1.165) is 17.1 Å². The number of rotatable bonds is 0. The predicted octanol–water partition coefficient (Wildman–Crippen LogP) is 1.49. The Labute approximate surface area is 173 Å². The van der Waals surface area contributed by atoms with Crippen molar-refractivity contribution in [2.45, 2.75) is 63.4 Å². The molecule has 8 atom stereocenters. The predicted molar refractivity (Wildman–Crippen MR) is 105 cm³/mol. The summed E-state index contributed by atoms with van der Waals surface area (Å²) in [6.45, 7) is 10.4. The molecule has 4 bridgehead atoms. The van der Waals surface area contributed by atoms with Gasteiger partial charge in [0.2, 0.25) is 5.79 Å². The maximum Gasteiger partial charge on any atom is 0.208 e. The van der Waals surface area contributed by atoms with Gasteiger partial charge < -0.3 is 20.1 Å². The van der Waals surface area contributed by atoms with Crippen molar-refractivity contribution in [3.63, 3.8) is 0 Å². The number of ether oxygens (including phenoxy) is 1. The van der Waals surface area contributed by atoms with Gasteiger partial charge in [-0.15, -0.1) is 11.3 Å². The molecule has 2 saturated heterocycles. The van der Waals surface area contributed by atoms with Gasteiger partial charge >= 0.3 is 0 Å². The molecule has 3 saturated carbocycles. The third-order valence-electron chi connectivity index (χ3n) is 9.00. The van der Waals surface area contributed by atoms with Crippen LogP contribution in [0, 0.1) is 35.5 Å². The topological polar surface area (TPSA) is 99.9 Å². The molecule has 0 radical (unpaired) electrons. The maximum atomic E-state index is 13.6. The number of hydrogen-bond donors (Lipinski definition) is 3. The molecule has 6 nitrogen and oxygen atoms in total. The van der Waals surface area contributed by atoms with Crippen molar-refractivity contribution in [2.75, 3.05) is 6.61 Å². The van der Waals surface area contributed by atoms with Gasteiger partial charge in [0.25, 0.3) is 0 Å². The van der Waals surface area contributed by atoms with E-state index in [4.69, 9.17) is 9.72 Å². The summed E-state index contributed by atoms with van der Waals surface area (Å²) in [5.41, 5.74) is -1.34. The molecular formula is C22H27NO5S. The molecule has 7 heteroatoms. The van der Waals surface area contributed by atoms with Crippen LogP contribution < -0.4 is 0 Å². The summed E-state index contributed by atoms with van der Waals surface area (Å²) in [7, 11) is 0. The Kier molecular flexibility index (Phi) is 3.23. The van der Waals surface area contributed by atoms with Crippen molar-refractivity contribution in [1.29, 1.82) is 0 Å². The maximum absolute atomic E-state index is 13.6. The first-order valence-electron chi connectivity index (χ1n) is 10.5. The summed E-state index contributed by atoms with van der Waals surface area (Å²) in [6, 6.07) is 0. The van der Waals surface area contributed by atoms with E-state index in [0.29, 0.717) is 18.4 Å². The molecule has 2 spiro atoms. The fraction of sp³-hybridized carbons (Fsp3) is 0.727. The number of aromatic nitrogens is 1. The second kappa shape index (κ2) is 5.02. The van der Waals surface area contributed by atoms with Gasteiger partial charge in [0.05, 0.1) is 23.4 Å². The van der Waals surface area contributed by atoms with Gasteiger partial charge in [-0.2, -0.15) is 0 Å². The number of hydrogen-bond acceptors (Lipinski definition) is 7. The Bertz CT molecular complexity index is 986. The van der Waals surface area contributed by atoms with Gasteiger partial charge in [0.1, 0.15) is 11.5 Å². The summed E-state index contributed by atoms with van der Waals surface area (Å²) in [5.74, 6) is -3.50. The molecule has 0 amide bonds. The van der Waals surface area contributed by atoms with Crippen LogP contribution in [0.25, 0.3) is 0 Å². The first kappa shape index (κ1) is 18.6. The molecule has 7 rings (SSSR count). The smallest absolute Gasteiger partial charge is 0.208 e. The zero-order chi connectivity index (χ0) is 20.7. The highest BCUT2D eigenvalue weighted by Gasteiger charge is 2.86. The Morgan fingerprint density at radius 1 is 1.24 bits per heavy atom. The number of nitrogens with zero attached hydrogens (tertiary/aromatic N) is 1. The standard InChI is InChI=1S/C22H27NO5S/c1-9-11-5-6-13-20-8-28-22(27,21(13,16(9)24)17(11)25)18(26)14(20)19(3,4)7-12-15(20)23-10(2)29-12/h11,13-14,17-18,25-27H,1,5-8H2,2-4H3/t11-,13?,14?,17-,18+,20+,21+,22-/m1/s1. The van der Waals surface area contributed by atoms with Crippen LogP contribution in [0.1, 0.15) is 42.3 Å². The average Bonchev–Trinajstić information content (AvgIpc) is 3.05. The Hall–Kier alpha value is -1.12. The average molecular weight is 418 g/mol. The minimum atomic E-state index is -2.11. The van der Waals surface area contributed by atoms with E-state index < -0.39 is 28.8 Å². The second-order valence-electron chi connectivity index (χ2n) is 10.5. The van der Waals surface area contributed by atoms with E-state index in [1.807, 2.05) is 6.92 Å². The Balaban J connectivity index is 1.71. The van der Waals surface area contributed by atoms with Crippen molar-refractivity contribution >= 4 is 17.1 Å². The largest absolute Gasteiger partial charge is 0.391 e. The summed E-state index contributed by atoms with van der Waals surface area (Å²) in [4.78, 5) is 19.7. The summed E-state index contributed by atoms with van der Waals surface area (Å²) in [5, 5.41) is 35.7. The first-order valence-corrected chi connectivity index (χ1v) is 11.3. The third kappa shape index (κ3) is 1.64. The van der Waals surface area contributed by atoms with Crippen LogP contribution in [0.5, 0.6) is 0 Å². The van der Waals surface area contributed by atoms with E-state index in [1.165, 1.54) is 4.88 Å². The molecule has 3 heterocycles. The van der Waals surface area contributed by atoms with Gasteiger partial charge in [-0.1, -0.05) is 20.4 Å². The van der Waals surface area contributed by atoms with Gasteiger partial charge in [-0.3, -0.25) is 4.79 Å². The van der Waals surface area contributed by atoms with Crippen molar-refractivity contribution in [2.24, 2.45) is 28.6 Å². The SMILES string of the molecule is C=C1C(=O)[C@@]23C(CC[C@H]1[C@H]2O)[C@@]12CO[C@]3(O)[C@@H](O)C1C(C)(C)Cc1sc(C)nc12. The monoisotopic (exact) mass is 417 g/mol. The highest BCUT2D eigenvalue weighted by molar-refractivity contribution is 7.11. The second-order valence-corrected chi connectivity index (χ2v) is 11.8. The zero-order valence-electron chi connectivity index (χ0n) is 16.9. The number of carbonyl (C=O) groups excluding carboxylic acids is 1. The lowest BCUT2D eigenvalue weighted by Gasteiger charge is -2.73. The van der Waals surface area contributed by atoms with Gasteiger partial charge in [0.15, 0.2) is 5.78 Å². The molecule has 5 fully saturated rings. The molecular weight excluding hydrogens is 390 g/mol. The van der Waals surface area contributed by atoms with Crippen molar-refractivity contribution in [1.82, 2.24) is 4.98 Å². The molecule has 0 aromatic carbocycles. The first-order chi connectivity index (χ1) is 13.5. The molecule has 2 aliphatic heterocycles. The fourth-order valence-corrected chi connectivity index (χ4v) is 9.48. The van der Waals surface area contributed by atoms with E-state index in [2.05, 4.69) is 20.4 Å². The van der Waals surface area contributed by atoms with Gasteiger partial charge in [-0.25, -0.2) is 4.98 Å². The lowest BCUT2D eigenvalue weighted by Crippen LogP contribution is -2.85. The molecule has 2 unspecified atom stereocenters. The van der Waals surface area contributed by atoms with Crippen LogP contribution in [0.15, 0.2) is 12.2 Å². The van der Waals surface area contributed by atoms with Crippen LogP contribution in [0.4, 0.5) is 0 Å². The summed E-state index contributed by atoms with van der Waals surface area (Å²) >= 11 is 1.66. The van der Waals surface area contributed by atoms with Crippen LogP contribution in [0.3, 0.4) is 0 Å². The van der Waals surface area contributed by atoms with Crippen LogP contribution >= 0.6 is 11.3 Å². The van der Waals surface area contributed by atoms with E-state index in [1.54, 1.807) is 11.3 Å². The molecule has 6 aliphatic rings.